The molecule has 1 heterocycles. The Labute approximate surface area is 211 Å². The number of hydrogen-bond donors (Lipinski definition) is 5. The first-order valence-electron chi connectivity index (χ1n) is 11.9. The van der Waals surface area contributed by atoms with Crippen LogP contribution in [0.2, 0.25) is 0 Å². The number of anilines is 1. The van der Waals surface area contributed by atoms with E-state index in [4.69, 9.17) is 21.0 Å². The van der Waals surface area contributed by atoms with E-state index in [1.165, 1.54) is 0 Å². The molecule has 190 valence electrons. The van der Waals surface area contributed by atoms with Crippen LogP contribution in [0.1, 0.15) is 43.4 Å². The molecule has 1 atom stereocenters. The Kier molecular flexibility index (Phi) is 9.07. The number of aliphatic carboxylic acids is 1. The average Bonchev–Trinajstić information content (AvgIpc) is 2.81. The van der Waals surface area contributed by atoms with Crippen LogP contribution in [0.4, 0.5) is 5.69 Å². The standard InChI is InChI=1S/C25H32BN5O5/c1-15(29-22(32)13-23(33)30-18-5-2-16(3-6-18)25(27)28)17-4-7-21(20(26)12-17)36-19-8-10-31(11-9-19)14-24(34)35/h2-7,12,15,19H,8-11,13-14,26H2,1H3,(H3,27,28)(H,29,32)(H,30,33)(H,34,35). The third-order valence-electron chi connectivity index (χ3n) is 6.06. The zero-order chi connectivity index (χ0) is 26.2. The number of nitrogens with one attached hydrogen (secondary N) is 3. The van der Waals surface area contributed by atoms with Crippen molar-refractivity contribution in [1.29, 1.82) is 5.41 Å². The first-order valence-corrected chi connectivity index (χ1v) is 11.9. The van der Waals surface area contributed by atoms with E-state index < -0.39 is 17.8 Å². The number of carbonyl (C=O) groups excluding carboxylic acids is 2. The Balaban J connectivity index is 1.47. The predicted octanol–water partition coefficient (Wildman–Crippen LogP) is 0.363. The van der Waals surface area contributed by atoms with Gasteiger partial charge < -0.3 is 26.2 Å². The monoisotopic (exact) mass is 493 g/mol. The molecular formula is C25H32BN5O5. The molecule has 1 fully saturated rings. The molecule has 2 aromatic carbocycles. The van der Waals surface area contributed by atoms with Gasteiger partial charge in [0.2, 0.25) is 11.8 Å². The van der Waals surface area contributed by atoms with Crippen LogP contribution in [0, 0.1) is 5.41 Å². The number of carboxylic acid groups (broad SMARTS) is 1. The number of benzene rings is 2. The third-order valence-corrected chi connectivity index (χ3v) is 6.06. The van der Waals surface area contributed by atoms with Crippen molar-refractivity contribution in [1.82, 2.24) is 10.2 Å². The molecule has 1 aliphatic rings. The van der Waals surface area contributed by atoms with Gasteiger partial charge >= 0.3 is 5.97 Å². The van der Waals surface area contributed by atoms with Gasteiger partial charge in [0.1, 0.15) is 32.0 Å². The molecule has 36 heavy (non-hydrogen) atoms. The Morgan fingerprint density at radius 3 is 2.42 bits per heavy atom. The zero-order valence-corrected chi connectivity index (χ0v) is 20.5. The van der Waals surface area contributed by atoms with Crippen molar-refractivity contribution in [3.8, 4) is 5.75 Å². The second-order valence-electron chi connectivity index (χ2n) is 9.02. The number of ether oxygens (including phenoxy) is 1. The lowest BCUT2D eigenvalue weighted by Crippen LogP contribution is -2.41. The second-order valence-corrected chi connectivity index (χ2v) is 9.02. The van der Waals surface area contributed by atoms with Gasteiger partial charge in [-0.2, -0.15) is 0 Å². The van der Waals surface area contributed by atoms with Crippen molar-refractivity contribution in [2.45, 2.75) is 38.3 Å². The highest BCUT2D eigenvalue weighted by molar-refractivity contribution is 6.34. The number of amides is 2. The minimum Gasteiger partial charge on any atom is -0.491 e. The number of nitrogens with two attached hydrogens (primary N) is 1. The van der Waals surface area contributed by atoms with Crippen LogP contribution >= 0.6 is 0 Å². The minimum atomic E-state index is -0.817. The third kappa shape index (κ3) is 7.84. The zero-order valence-electron chi connectivity index (χ0n) is 20.5. The Hall–Kier alpha value is -3.86. The number of amidine groups is 1. The molecule has 3 rings (SSSR count). The number of hydrogen-bond acceptors (Lipinski definition) is 6. The van der Waals surface area contributed by atoms with Crippen molar-refractivity contribution in [3.63, 3.8) is 0 Å². The first kappa shape index (κ1) is 26.7. The molecule has 1 aliphatic heterocycles. The highest BCUT2D eigenvalue weighted by atomic mass is 16.5. The molecule has 2 aromatic rings. The molecule has 2 amide bonds. The minimum absolute atomic E-state index is 0.0360. The topological polar surface area (TPSA) is 158 Å². The van der Waals surface area contributed by atoms with Gasteiger partial charge in [-0.1, -0.05) is 12.1 Å². The highest BCUT2D eigenvalue weighted by Crippen LogP contribution is 2.20. The summed E-state index contributed by atoms with van der Waals surface area (Å²) in [5.41, 5.74) is 8.32. The van der Waals surface area contributed by atoms with Crippen molar-refractivity contribution in [3.05, 3.63) is 53.6 Å². The number of nitrogen functional groups attached to an aromatic ring is 1. The van der Waals surface area contributed by atoms with E-state index >= 15 is 0 Å². The Morgan fingerprint density at radius 1 is 1.17 bits per heavy atom. The number of carbonyl (C=O) groups is 3. The second kappa shape index (κ2) is 12.2. The SMILES string of the molecule is Bc1cc(C(C)NC(=O)CC(=O)Nc2ccc(C(=N)N)cc2)ccc1OC1CCN(CC(=O)O)CC1. The van der Waals surface area contributed by atoms with Crippen molar-refractivity contribution >= 4 is 42.6 Å². The summed E-state index contributed by atoms with van der Waals surface area (Å²) in [6.07, 6.45) is 1.25. The van der Waals surface area contributed by atoms with E-state index in [1.54, 1.807) is 24.3 Å². The summed E-state index contributed by atoms with van der Waals surface area (Å²) in [5.74, 6) is -0.947. The van der Waals surface area contributed by atoms with Crippen molar-refractivity contribution in [2.24, 2.45) is 5.73 Å². The van der Waals surface area contributed by atoms with Crippen LogP contribution in [-0.2, 0) is 14.4 Å². The van der Waals surface area contributed by atoms with Crippen LogP contribution in [-0.4, -0.2) is 67.2 Å². The number of carboxylic acids is 1. The van der Waals surface area contributed by atoms with Gasteiger partial charge in [0.15, 0.2) is 0 Å². The molecule has 1 saturated heterocycles. The van der Waals surface area contributed by atoms with E-state index in [-0.39, 0.29) is 30.9 Å². The smallest absolute Gasteiger partial charge is 0.317 e. The van der Waals surface area contributed by atoms with Gasteiger partial charge in [-0.15, -0.1) is 0 Å². The van der Waals surface area contributed by atoms with Crippen LogP contribution in [0.5, 0.6) is 5.75 Å². The van der Waals surface area contributed by atoms with E-state index in [2.05, 4.69) is 10.6 Å². The number of piperidine rings is 1. The lowest BCUT2D eigenvalue weighted by atomic mass is 9.91. The summed E-state index contributed by atoms with van der Waals surface area (Å²) in [5, 5.41) is 21.8. The largest absolute Gasteiger partial charge is 0.491 e. The van der Waals surface area contributed by atoms with Gasteiger partial charge in [0.05, 0.1) is 12.6 Å². The molecule has 0 bridgehead atoms. The quantitative estimate of drug-likeness (QED) is 0.138. The molecule has 10 nitrogen and oxygen atoms in total. The van der Waals surface area contributed by atoms with Gasteiger partial charge in [-0.05, 0) is 61.1 Å². The van der Waals surface area contributed by atoms with E-state index in [0.29, 0.717) is 24.3 Å². The van der Waals surface area contributed by atoms with Crippen LogP contribution < -0.4 is 26.6 Å². The summed E-state index contributed by atoms with van der Waals surface area (Å²) in [4.78, 5) is 37.4. The predicted molar refractivity (Wildman–Crippen MR) is 140 cm³/mol. The molecular weight excluding hydrogens is 461 g/mol. The number of likely N-dealkylation sites (tertiary alicyclic amines) is 1. The van der Waals surface area contributed by atoms with Gasteiger partial charge in [-0.25, -0.2) is 0 Å². The Morgan fingerprint density at radius 2 is 1.83 bits per heavy atom. The fourth-order valence-corrected chi connectivity index (χ4v) is 4.09. The summed E-state index contributed by atoms with van der Waals surface area (Å²) < 4.78 is 6.15. The molecule has 0 aromatic heterocycles. The maximum atomic E-state index is 12.4. The van der Waals surface area contributed by atoms with E-state index in [0.717, 1.165) is 29.6 Å². The molecule has 11 heteroatoms. The lowest BCUT2D eigenvalue weighted by molar-refractivity contribution is -0.138. The molecule has 0 radical (unpaired) electrons. The fraction of sp³-hybridized carbons (Fsp3) is 0.360. The highest BCUT2D eigenvalue weighted by Gasteiger charge is 2.22. The van der Waals surface area contributed by atoms with Crippen LogP contribution in [0.25, 0.3) is 0 Å². The number of nitrogens with zero attached hydrogens (tertiary/aromatic N) is 1. The number of rotatable bonds is 10. The normalized spacial score (nSPS) is 15.0. The van der Waals surface area contributed by atoms with Gasteiger partial charge in [0.25, 0.3) is 0 Å². The summed E-state index contributed by atoms with van der Waals surface area (Å²) in [6, 6.07) is 11.9. The van der Waals surface area contributed by atoms with Crippen LogP contribution in [0.15, 0.2) is 42.5 Å². The Bertz CT molecular complexity index is 1120. The molecule has 0 aliphatic carbocycles. The fourth-order valence-electron chi connectivity index (χ4n) is 4.09. The van der Waals surface area contributed by atoms with E-state index in [9.17, 15) is 14.4 Å². The lowest BCUT2D eigenvalue weighted by Gasteiger charge is -2.31. The van der Waals surface area contributed by atoms with Gasteiger partial charge in [0, 0.05) is 24.3 Å². The molecule has 0 spiro atoms. The molecule has 0 saturated carbocycles. The molecule has 1 unspecified atom stereocenters. The summed E-state index contributed by atoms with van der Waals surface area (Å²) >= 11 is 0. The van der Waals surface area contributed by atoms with Crippen molar-refractivity contribution < 1.29 is 24.2 Å². The van der Waals surface area contributed by atoms with Crippen molar-refractivity contribution in [2.75, 3.05) is 25.0 Å². The first-order chi connectivity index (χ1) is 17.1. The summed E-state index contributed by atoms with van der Waals surface area (Å²) in [6.45, 7) is 3.28. The maximum absolute atomic E-state index is 12.4. The average molecular weight is 493 g/mol. The van der Waals surface area contributed by atoms with E-state index in [1.807, 2.05) is 37.9 Å². The van der Waals surface area contributed by atoms with Gasteiger partial charge in [-0.3, -0.25) is 24.7 Å². The van der Waals surface area contributed by atoms with Crippen LogP contribution in [0.3, 0.4) is 0 Å². The molecule has 6 N–H and O–H groups in total. The maximum Gasteiger partial charge on any atom is 0.317 e. The summed E-state index contributed by atoms with van der Waals surface area (Å²) in [7, 11) is 1.94.